The van der Waals surface area contributed by atoms with Crippen molar-refractivity contribution in [3.8, 4) is 11.1 Å². The lowest BCUT2D eigenvalue weighted by molar-refractivity contribution is 0.252. The Balaban J connectivity index is 1.55. The van der Waals surface area contributed by atoms with Crippen LogP contribution in [0.3, 0.4) is 0 Å². The first-order chi connectivity index (χ1) is 14.6. The van der Waals surface area contributed by atoms with Gasteiger partial charge in [0.15, 0.2) is 0 Å². The number of thiophene rings is 1. The number of para-hydroxylation sites is 1. The Morgan fingerprint density at radius 1 is 1.23 bits per heavy atom. The zero-order valence-electron chi connectivity index (χ0n) is 17.0. The van der Waals surface area contributed by atoms with E-state index >= 15 is 0 Å². The van der Waals surface area contributed by atoms with Crippen molar-refractivity contribution in [2.75, 3.05) is 5.32 Å². The molecule has 0 unspecified atom stereocenters. The van der Waals surface area contributed by atoms with E-state index in [-0.39, 0.29) is 0 Å². The fraction of sp³-hybridized carbons (Fsp3) is 0.261. The van der Waals surface area contributed by atoms with Gasteiger partial charge < -0.3 is 9.88 Å². The summed E-state index contributed by atoms with van der Waals surface area (Å²) in [7, 11) is 0. The van der Waals surface area contributed by atoms with Crippen molar-refractivity contribution < 1.29 is 4.79 Å². The summed E-state index contributed by atoms with van der Waals surface area (Å²) in [5.41, 5.74) is 8.18. The van der Waals surface area contributed by atoms with Crippen LogP contribution in [0.4, 0.5) is 10.5 Å². The van der Waals surface area contributed by atoms with Crippen LogP contribution in [0, 0.1) is 25.2 Å². The first-order valence-electron chi connectivity index (χ1n) is 9.97. The Morgan fingerprint density at radius 2 is 2.00 bits per heavy atom. The topological polar surface area (TPSA) is 82.2 Å². The number of hydrazone groups is 1. The SMILES string of the molecule is Cc1cc(/C=N\NC(=O)Nc2ccccc2)c(C)n1-c1sc2c(c1C#N)CCCC2. The predicted octanol–water partition coefficient (Wildman–Crippen LogP) is 5.06. The number of carbonyl (C=O) groups excluding carboxylic acids is 1. The monoisotopic (exact) mass is 417 g/mol. The van der Waals surface area contributed by atoms with Crippen molar-refractivity contribution in [1.29, 1.82) is 5.26 Å². The van der Waals surface area contributed by atoms with Crippen LogP contribution in [0.25, 0.3) is 5.00 Å². The molecule has 0 saturated heterocycles. The van der Waals surface area contributed by atoms with Crippen LogP contribution in [0.5, 0.6) is 0 Å². The van der Waals surface area contributed by atoms with Gasteiger partial charge in [-0.15, -0.1) is 11.3 Å². The maximum Gasteiger partial charge on any atom is 0.339 e. The minimum absolute atomic E-state index is 0.399. The highest BCUT2D eigenvalue weighted by molar-refractivity contribution is 7.15. The summed E-state index contributed by atoms with van der Waals surface area (Å²) in [6.45, 7) is 4.04. The zero-order valence-corrected chi connectivity index (χ0v) is 17.8. The molecule has 0 fully saturated rings. The number of rotatable bonds is 4. The molecule has 0 aliphatic heterocycles. The molecular weight excluding hydrogens is 394 g/mol. The van der Waals surface area contributed by atoms with Crippen LogP contribution >= 0.6 is 11.3 Å². The van der Waals surface area contributed by atoms with Gasteiger partial charge in [0.2, 0.25) is 0 Å². The molecule has 0 atom stereocenters. The van der Waals surface area contributed by atoms with Crippen molar-refractivity contribution in [2.45, 2.75) is 39.5 Å². The van der Waals surface area contributed by atoms with E-state index < -0.39 is 6.03 Å². The smallest absolute Gasteiger partial charge is 0.308 e. The van der Waals surface area contributed by atoms with Crippen LogP contribution in [0.2, 0.25) is 0 Å². The van der Waals surface area contributed by atoms with E-state index in [1.807, 2.05) is 50.2 Å². The summed E-state index contributed by atoms with van der Waals surface area (Å²) >= 11 is 1.73. The maximum absolute atomic E-state index is 12.0. The number of aromatic nitrogens is 1. The van der Waals surface area contributed by atoms with Crippen LogP contribution in [0.15, 0.2) is 41.5 Å². The van der Waals surface area contributed by atoms with Gasteiger partial charge in [-0.1, -0.05) is 18.2 Å². The number of nitrogens with one attached hydrogen (secondary N) is 2. The zero-order chi connectivity index (χ0) is 21.1. The van der Waals surface area contributed by atoms with E-state index in [0.717, 1.165) is 46.8 Å². The molecule has 4 rings (SSSR count). The molecule has 2 amide bonds. The van der Waals surface area contributed by atoms with E-state index in [4.69, 9.17) is 0 Å². The summed E-state index contributed by atoms with van der Waals surface area (Å²) in [4.78, 5) is 13.3. The molecule has 2 aromatic heterocycles. The van der Waals surface area contributed by atoms with E-state index in [2.05, 4.69) is 26.5 Å². The molecule has 0 bridgehead atoms. The number of hydrogen-bond donors (Lipinski definition) is 2. The minimum Gasteiger partial charge on any atom is -0.308 e. The molecule has 2 N–H and O–H groups in total. The van der Waals surface area contributed by atoms with E-state index in [9.17, 15) is 10.1 Å². The number of hydrogen-bond acceptors (Lipinski definition) is 4. The molecule has 1 aliphatic carbocycles. The summed E-state index contributed by atoms with van der Waals surface area (Å²) in [6.07, 6.45) is 6.03. The Labute approximate surface area is 179 Å². The number of anilines is 1. The van der Waals surface area contributed by atoms with Crippen LogP contribution in [-0.4, -0.2) is 16.8 Å². The number of nitrogens with zero attached hydrogens (tertiary/aromatic N) is 3. The summed E-state index contributed by atoms with van der Waals surface area (Å²) in [6, 6.07) is 13.3. The van der Waals surface area contributed by atoms with Gasteiger partial charge in [-0.3, -0.25) is 0 Å². The molecule has 0 radical (unpaired) electrons. The molecular formula is C23H23N5OS. The van der Waals surface area contributed by atoms with Gasteiger partial charge in [0.1, 0.15) is 11.1 Å². The Kier molecular flexibility index (Phi) is 5.68. The molecule has 30 heavy (non-hydrogen) atoms. The quantitative estimate of drug-likeness (QED) is 0.459. The highest BCUT2D eigenvalue weighted by atomic mass is 32.1. The highest BCUT2D eigenvalue weighted by Gasteiger charge is 2.23. The second-order valence-electron chi connectivity index (χ2n) is 7.35. The van der Waals surface area contributed by atoms with Gasteiger partial charge in [0, 0.05) is 27.5 Å². The summed E-state index contributed by atoms with van der Waals surface area (Å²) < 4.78 is 2.13. The van der Waals surface area contributed by atoms with Gasteiger partial charge in [-0.05, 0) is 63.3 Å². The number of carbonyl (C=O) groups is 1. The number of urea groups is 1. The van der Waals surface area contributed by atoms with Crippen molar-refractivity contribution in [3.63, 3.8) is 0 Å². The lowest BCUT2D eigenvalue weighted by atomic mass is 9.96. The Morgan fingerprint density at radius 3 is 2.77 bits per heavy atom. The third-order valence-corrected chi connectivity index (χ3v) is 6.62. The normalized spacial score (nSPS) is 13.1. The number of benzene rings is 1. The molecule has 0 spiro atoms. The van der Waals surface area contributed by atoms with Crippen LogP contribution in [0.1, 0.15) is 45.8 Å². The fourth-order valence-electron chi connectivity index (χ4n) is 3.90. The maximum atomic E-state index is 12.0. The van der Waals surface area contributed by atoms with Crippen molar-refractivity contribution in [1.82, 2.24) is 9.99 Å². The summed E-state index contributed by atoms with van der Waals surface area (Å²) in [5.74, 6) is 0. The van der Waals surface area contributed by atoms with Crippen LogP contribution in [-0.2, 0) is 12.8 Å². The number of aryl methyl sites for hydroxylation is 2. The largest absolute Gasteiger partial charge is 0.339 e. The third kappa shape index (κ3) is 3.87. The van der Waals surface area contributed by atoms with E-state index in [1.165, 1.54) is 16.9 Å². The van der Waals surface area contributed by atoms with Crippen molar-refractivity contribution >= 4 is 29.3 Å². The predicted molar refractivity (Wildman–Crippen MR) is 121 cm³/mol. The van der Waals surface area contributed by atoms with Gasteiger partial charge >= 0.3 is 6.03 Å². The van der Waals surface area contributed by atoms with Crippen molar-refractivity contribution in [3.05, 3.63) is 69.4 Å². The Hall–Kier alpha value is -3.37. The summed E-state index contributed by atoms with van der Waals surface area (Å²) in [5, 5.41) is 17.6. The number of amides is 2. The first-order valence-corrected chi connectivity index (χ1v) is 10.8. The molecule has 152 valence electrons. The number of nitriles is 1. The Bertz CT molecular complexity index is 1150. The van der Waals surface area contributed by atoms with Gasteiger partial charge in [0.05, 0.1) is 11.8 Å². The van der Waals surface area contributed by atoms with Crippen molar-refractivity contribution in [2.24, 2.45) is 5.10 Å². The second kappa shape index (κ2) is 8.56. The van der Waals surface area contributed by atoms with E-state index in [1.54, 1.807) is 17.6 Å². The van der Waals surface area contributed by atoms with E-state index in [0.29, 0.717) is 5.69 Å². The fourth-order valence-corrected chi connectivity index (χ4v) is 5.35. The first kappa shape index (κ1) is 19.9. The molecule has 1 aromatic carbocycles. The molecule has 2 heterocycles. The lowest BCUT2D eigenvalue weighted by Crippen LogP contribution is -2.24. The van der Waals surface area contributed by atoms with Gasteiger partial charge in [0.25, 0.3) is 0 Å². The molecule has 0 saturated carbocycles. The number of fused-ring (bicyclic) bond motifs is 1. The second-order valence-corrected chi connectivity index (χ2v) is 8.44. The van der Waals surface area contributed by atoms with Crippen LogP contribution < -0.4 is 10.7 Å². The van der Waals surface area contributed by atoms with Gasteiger partial charge in [-0.25, -0.2) is 10.2 Å². The van der Waals surface area contributed by atoms with Gasteiger partial charge in [-0.2, -0.15) is 10.4 Å². The molecule has 7 heteroatoms. The third-order valence-electron chi connectivity index (χ3n) is 5.34. The molecule has 3 aromatic rings. The molecule has 6 nitrogen and oxygen atoms in total. The average molecular weight is 418 g/mol. The minimum atomic E-state index is -0.399. The highest BCUT2D eigenvalue weighted by Crippen LogP contribution is 2.38. The lowest BCUT2D eigenvalue weighted by Gasteiger charge is -2.10. The molecule has 1 aliphatic rings. The average Bonchev–Trinajstić information content (AvgIpc) is 3.24. The standard InChI is InChI=1S/C23H23N5OS/c1-15-12-17(14-25-27-23(29)26-18-8-4-3-5-9-18)16(2)28(15)22-20(13-24)19-10-6-7-11-21(19)30-22/h3-5,8-9,12,14H,6-7,10-11H2,1-2H3,(H2,26,27,29)/b25-14-.